The third-order valence-electron chi connectivity index (χ3n) is 4.81. The minimum Gasteiger partial charge on any atom is -0.353 e. The van der Waals surface area contributed by atoms with Crippen LogP contribution >= 0.6 is 0 Å². The highest BCUT2D eigenvalue weighted by Crippen LogP contribution is 2.44. The Kier molecular flexibility index (Phi) is 3.68. The summed E-state index contributed by atoms with van der Waals surface area (Å²) in [4.78, 5) is 7.11. The Balaban J connectivity index is 1.64. The Bertz CT molecular complexity index is 531. The standard InChI is InChI=1S/C16H27N5/c1-5-17-15(19-14-8-16(14,2)3)21-7-6-12(11-21)13-9-18-20(4)10-13/h9-10,12,14H,5-8,11H2,1-4H3,(H,17,19). The van der Waals surface area contributed by atoms with Gasteiger partial charge < -0.3 is 10.2 Å². The number of rotatable bonds is 3. The number of aliphatic imine (C=N–C) groups is 1. The lowest BCUT2D eigenvalue weighted by molar-refractivity contribution is 0.473. The highest BCUT2D eigenvalue weighted by atomic mass is 15.3. The second-order valence-corrected chi connectivity index (χ2v) is 7.07. The van der Waals surface area contributed by atoms with Gasteiger partial charge in [-0.1, -0.05) is 13.8 Å². The predicted molar refractivity (Wildman–Crippen MR) is 85.4 cm³/mol. The second-order valence-electron chi connectivity index (χ2n) is 7.07. The molecule has 2 heterocycles. The molecule has 1 N–H and O–H groups in total. The maximum atomic E-state index is 4.70. The summed E-state index contributed by atoms with van der Waals surface area (Å²) in [6.45, 7) is 9.70. The van der Waals surface area contributed by atoms with Crippen LogP contribution in [0.1, 0.15) is 45.1 Å². The molecule has 0 bridgehead atoms. The van der Waals surface area contributed by atoms with Crippen molar-refractivity contribution < 1.29 is 0 Å². The van der Waals surface area contributed by atoms with Crippen LogP contribution < -0.4 is 5.32 Å². The average Bonchev–Trinajstić information content (AvgIpc) is 2.87. The van der Waals surface area contributed by atoms with Gasteiger partial charge >= 0.3 is 0 Å². The van der Waals surface area contributed by atoms with Gasteiger partial charge in [0.25, 0.3) is 0 Å². The van der Waals surface area contributed by atoms with Gasteiger partial charge in [-0.15, -0.1) is 0 Å². The van der Waals surface area contributed by atoms with Gasteiger partial charge in [-0.05, 0) is 30.7 Å². The maximum Gasteiger partial charge on any atom is 0.194 e. The SMILES string of the molecule is CCN=C(NC1CC1(C)C)N1CCC(c2cnn(C)c2)C1. The largest absolute Gasteiger partial charge is 0.353 e. The Morgan fingerprint density at radius 3 is 2.86 bits per heavy atom. The van der Waals surface area contributed by atoms with Gasteiger partial charge in [0.15, 0.2) is 5.96 Å². The van der Waals surface area contributed by atoms with E-state index in [0.29, 0.717) is 17.4 Å². The summed E-state index contributed by atoms with van der Waals surface area (Å²) in [5, 5.41) is 7.95. The minimum absolute atomic E-state index is 0.428. The molecule has 0 aromatic carbocycles. The second kappa shape index (κ2) is 5.35. The molecule has 2 unspecified atom stereocenters. The van der Waals surface area contributed by atoms with Crippen LogP contribution in [0.2, 0.25) is 0 Å². The fourth-order valence-corrected chi connectivity index (χ4v) is 3.13. The van der Waals surface area contributed by atoms with Gasteiger partial charge in [-0.2, -0.15) is 5.10 Å². The van der Waals surface area contributed by atoms with Gasteiger partial charge in [-0.25, -0.2) is 0 Å². The van der Waals surface area contributed by atoms with Crippen molar-refractivity contribution in [1.82, 2.24) is 20.0 Å². The third kappa shape index (κ3) is 3.06. The molecule has 2 atom stereocenters. The molecule has 0 radical (unpaired) electrons. The van der Waals surface area contributed by atoms with Crippen molar-refractivity contribution in [3.63, 3.8) is 0 Å². The number of likely N-dealkylation sites (tertiary alicyclic amines) is 1. The first kappa shape index (κ1) is 14.4. The number of nitrogens with one attached hydrogen (secondary N) is 1. The van der Waals surface area contributed by atoms with Crippen molar-refractivity contribution in [2.75, 3.05) is 19.6 Å². The fourth-order valence-electron chi connectivity index (χ4n) is 3.13. The molecule has 1 saturated heterocycles. The van der Waals surface area contributed by atoms with E-state index in [1.807, 2.05) is 17.9 Å². The summed E-state index contributed by atoms with van der Waals surface area (Å²) < 4.78 is 1.89. The summed E-state index contributed by atoms with van der Waals surface area (Å²) in [7, 11) is 1.98. The molecule has 1 aromatic rings. The third-order valence-corrected chi connectivity index (χ3v) is 4.81. The number of hydrogen-bond acceptors (Lipinski definition) is 2. The van der Waals surface area contributed by atoms with Gasteiger partial charge in [-0.3, -0.25) is 9.67 Å². The van der Waals surface area contributed by atoms with Crippen molar-refractivity contribution in [3.05, 3.63) is 18.0 Å². The molecule has 21 heavy (non-hydrogen) atoms. The Hall–Kier alpha value is -1.52. The molecule has 1 aliphatic carbocycles. The Labute approximate surface area is 127 Å². The lowest BCUT2D eigenvalue weighted by Crippen LogP contribution is -2.42. The van der Waals surface area contributed by atoms with E-state index in [1.165, 1.54) is 18.4 Å². The van der Waals surface area contributed by atoms with Crippen molar-refractivity contribution in [2.45, 2.75) is 45.6 Å². The number of hydrogen-bond donors (Lipinski definition) is 1. The number of aryl methyl sites for hydroxylation is 1. The highest BCUT2D eigenvalue weighted by molar-refractivity contribution is 5.81. The van der Waals surface area contributed by atoms with Gasteiger partial charge in [0.1, 0.15) is 0 Å². The number of nitrogens with zero attached hydrogens (tertiary/aromatic N) is 4. The molecule has 1 aliphatic heterocycles. The highest BCUT2D eigenvalue weighted by Gasteiger charge is 2.46. The quantitative estimate of drug-likeness (QED) is 0.683. The van der Waals surface area contributed by atoms with Gasteiger partial charge in [0, 0.05) is 44.8 Å². The maximum absolute atomic E-state index is 4.70. The summed E-state index contributed by atoms with van der Waals surface area (Å²) in [5.41, 5.74) is 1.78. The van der Waals surface area contributed by atoms with E-state index in [2.05, 4.69) is 42.3 Å². The monoisotopic (exact) mass is 289 g/mol. The average molecular weight is 289 g/mol. The zero-order valence-corrected chi connectivity index (χ0v) is 13.6. The number of guanidine groups is 1. The van der Waals surface area contributed by atoms with E-state index in [-0.39, 0.29) is 0 Å². The van der Waals surface area contributed by atoms with Crippen molar-refractivity contribution in [1.29, 1.82) is 0 Å². The van der Waals surface area contributed by atoms with E-state index in [1.54, 1.807) is 0 Å². The molecule has 3 rings (SSSR count). The zero-order chi connectivity index (χ0) is 15.0. The van der Waals surface area contributed by atoms with E-state index >= 15 is 0 Å². The van der Waals surface area contributed by atoms with E-state index in [9.17, 15) is 0 Å². The number of aromatic nitrogens is 2. The van der Waals surface area contributed by atoms with Crippen LogP contribution in [0.4, 0.5) is 0 Å². The van der Waals surface area contributed by atoms with Crippen LogP contribution in [-0.4, -0.2) is 46.3 Å². The zero-order valence-electron chi connectivity index (χ0n) is 13.6. The van der Waals surface area contributed by atoms with E-state index in [4.69, 9.17) is 4.99 Å². The summed E-state index contributed by atoms with van der Waals surface area (Å²) in [5.74, 6) is 1.68. The van der Waals surface area contributed by atoms with Crippen LogP contribution in [0, 0.1) is 5.41 Å². The van der Waals surface area contributed by atoms with Crippen LogP contribution in [-0.2, 0) is 7.05 Å². The van der Waals surface area contributed by atoms with E-state index in [0.717, 1.165) is 25.6 Å². The van der Waals surface area contributed by atoms with Crippen LogP contribution in [0.3, 0.4) is 0 Å². The minimum atomic E-state index is 0.428. The first-order valence-electron chi connectivity index (χ1n) is 8.04. The summed E-state index contributed by atoms with van der Waals surface area (Å²) >= 11 is 0. The lowest BCUT2D eigenvalue weighted by Gasteiger charge is -2.22. The molecular weight excluding hydrogens is 262 g/mol. The molecule has 0 amide bonds. The van der Waals surface area contributed by atoms with Gasteiger partial charge in [0.05, 0.1) is 6.20 Å². The smallest absolute Gasteiger partial charge is 0.194 e. The molecule has 5 heteroatoms. The van der Waals surface area contributed by atoms with Gasteiger partial charge in [0.2, 0.25) is 0 Å². The Morgan fingerprint density at radius 1 is 1.52 bits per heavy atom. The van der Waals surface area contributed by atoms with Crippen molar-refractivity contribution >= 4 is 5.96 Å². The predicted octanol–water partition coefficient (Wildman–Crippen LogP) is 1.97. The van der Waals surface area contributed by atoms with Crippen LogP contribution in [0.5, 0.6) is 0 Å². The molecular formula is C16H27N5. The summed E-state index contributed by atoms with van der Waals surface area (Å²) in [6.07, 6.45) is 6.57. The first-order chi connectivity index (χ1) is 9.99. The molecule has 2 aliphatic rings. The van der Waals surface area contributed by atoms with Crippen LogP contribution in [0.15, 0.2) is 17.4 Å². The normalized spacial score (nSPS) is 28.0. The molecule has 1 aromatic heterocycles. The first-order valence-corrected chi connectivity index (χ1v) is 8.04. The fraction of sp³-hybridized carbons (Fsp3) is 0.750. The van der Waals surface area contributed by atoms with Crippen molar-refractivity contribution in [2.24, 2.45) is 17.5 Å². The molecule has 0 spiro atoms. The Morgan fingerprint density at radius 2 is 2.29 bits per heavy atom. The van der Waals surface area contributed by atoms with Crippen molar-refractivity contribution in [3.8, 4) is 0 Å². The van der Waals surface area contributed by atoms with Crippen LogP contribution in [0.25, 0.3) is 0 Å². The molecule has 1 saturated carbocycles. The molecule has 2 fully saturated rings. The molecule has 5 nitrogen and oxygen atoms in total. The summed E-state index contributed by atoms with van der Waals surface area (Å²) in [6, 6.07) is 0.584. The lowest BCUT2D eigenvalue weighted by atomic mass is 10.0. The topological polar surface area (TPSA) is 45.5 Å². The molecule has 116 valence electrons. The van der Waals surface area contributed by atoms with E-state index < -0.39 is 0 Å².